The number of ether oxygens (including phenoxy) is 1. The van der Waals surface area contributed by atoms with Crippen LogP contribution in [0.3, 0.4) is 0 Å². The van der Waals surface area contributed by atoms with Gasteiger partial charge in [-0.15, -0.1) is 0 Å². The van der Waals surface area contributed by atoms with Crippen LogP contribution in [0.2, 0.25) is 0 Å². The predicted octanol–water partition coefficient (Wildman–Crippen LogP) is 1.89. The Kier molecular flexibility index (Phi) is 4.34. The van der Waals surface area contributed by atoms with Gasteiger partial charge < -0.3 is 4.74 Å². The van der Waals surface area contributed by atoms with Crippen LogP contribution in [0.5, 0.6) is 5.75 Å². The smallest absolute Gasteiger partial charge is 0.304 e. The van der Waals surface area contributed by atoms with E-state index in [4.69, 9.17) is 4.74 Å². The lowest BCUT2D eigenvalue weighted by atomic mass is 9.97. The number of Topliss-reactive ketones (excluding diaryl/α,β-unsaturated/α-hetero) is 1. The van der Waals surface area contributed by atoms with Crippen LogP contribution in [-0.4, -0.2) is 38.1 Å². The Morgan fingerprint density at radius 3 is 2.36 bits per heavy atom. The molecule has 1 saturated heterocycles. The number of benzene rings is 2. The second-order valence-electron chi connectivity index (χ2n) is 5.80. The van der Waals surface area contributed by atoms with E-state index in [1.54, 1.807) is 37.3 Å². The number of hydrogen-bond donors (Lipinski definition) is 0. The van der Waals surface area contributed by atoms with Crippen LogP contribution in [0.1, 0.15) is 17.0 Å². The van der Waals surface area contributed by atoms with Crippen LogP contribution in [0.4, 0.5) is 0 Å². The van der Waals surface area contributed by atoms with Crippen molar-refractivity contribution in [2.45, 2.75) is 17.7 Å². The van der Waals surface area contributed by atoms with Crippen molar-refractivity contribution in [1.29, 1.82) is 0 Å². The zero-order valence-corrected chi connectivity index (χ0v) is 14.6. The Bertz CT molecular complexity index is 937. The Morgan fingerprint density at radius 2 is 1.76 bits per heavy atom. The first kappa shape index (κ1) is 17.2. The van der Waals surface area contributed by atoms with Gasteiger partial charge in [-0.25, -0.2) is 12.7 Å². The van der Waals surface area contributed by atoms with Crippen molar-refractivity contribution in [1.82, 2.24) is 4.31 Å². The van der Waals surface area contributed by atoms with Gasteiger partial charge in [-0.1, -0.05) is 30.3 Å². The largest absolute Gasteiger partial charge is 0.496 e. The lowest BCUT2D eigenvalue weighted by Gasteiger charge is -2.17. The molecule has 7 heteroatoms. The second-order valence-corrected chi connectivity index (χ2v) is 7.66. The summed E-state index contributed by atoms with van der Waals surface area (Å²) in [6.45, 7) is 1.52. The van der Waals surface area contributed by atoms with E-state index in [1.807, 2.05) is 0 Å². The molecule has 1 aliphatic rings. The van der Waals surface area contributed by atoms with Gasteiger partial charge in [-0.3, -0.25) is 9.59 Å². The summed E-state index contributed by atoms with van der Waals surface area (Å²) in [7, 11) is -2.61. The molecule has 25 heavy (non-hydrogen) atoms. The standard InChI is InChI=1S/C18H17NO5S/c1-12-10-14(8-9-16(12)24-2)25(22,23)19-11-15(17(20)18(19)21)13-6-4-3-5-7-13/h3-10,15H,11H2,1-2H3/t15-/m0/s1. The monoisotopic (exact) mass is 359 g/mol. The van der Waals surface area contributed by atoms with Crippen molar-refractivity contribution in [3.05, 3.63) is 59.7 Å². The molecule has 1 amide bonds. The van der Waals surface area contributed by atoms with E-state index in [1.165, 1.54) is 25.3 Å². The molecule has 6 nitrogen and oxygen atoms in total. The Balaban J connectivity index is 1.97. The Hall–Kier alpha value is -2.67. The average molecular weight is 359 g/mol. The van der Waals surface area contributed by atoms with Gasteiger partial charge in [0.1, 0.15) is 5.75 Å². The van der Waals surface area contributed by atoms with E-state index in [0.29, 0.717) is 21.2 Å². The summed E-state index contributed by atoms with van der Waals surface area (Å²) in [6, 6.07) is 13.0. The molecule has 1 aliphatic heterocycles. The minimum atomic E-state index is -4.10. The molecular formula is C18H17NO5S. The number of carbonyl (C=O) groups is 2. The minimum Gasteiger partial charge on any atom is -0.496 e. The highest BCUT2D eigenvalue weighted by Crippen LogP contribution is 2.31. The van der Waals surface area contributed by atoms with Crippen LogP contribution in [0.15, 0.2) is 53.4 Å². The number of ketones is 1. The molecule has 0 spiro atoms. The van der Waals surface area contributed by atoms with E-state index in [0.717, 1.165) is 0 Å². The van der Waals surface area contributed by atoms with E-state index in [2.05, 4.69) is 0 Å². The summed E-state index contributed by atoms with van der Waals surface area (Å²) in [5.41, 5.74) is 1.26. The Morgan fingerprint density at radius 1 is 1.08 bits per heavy atom. The zero-order chi connectivity index (χ0) is 18.2. The van der Waals surface area contributed by atoms with Gasteiger partial charge in [0, 0.05) is 0 Å². The average Bonchev–Trinajstić information content (AvgIpc) is 2.91. The third-order valence-corrected chi connectivity index (χ3v) is 6.00. The number of aryl methyl sites for hydroxylation is 1. The maximum Gasteiger partial charge on any atom is 0.304 e. The molecule has 0 saturated carbocycles. The molecule has 1 heterocycles. The van der Waals surface area contributed by atoms with Gasteiger partial charge in [0.15, 0.2) is 0 Å². The summed E-state index contributed by atoms with van der Waals surface area (Å²) >= 11 is 0. The van der Waals surface area contributed by atoms with E-state index >= 15 is 0 Å². The first-order valence-corrected chi connectivity index (χ1v) is 9.10. The molecule has 0 radical (unpaired) electrons. The quantitative estimate of drug-likeness (QED) is 0.779. The van der Waals surface area contributed by atoms with Gasteiger partial charge in [-0.05, 0) is 36.2 Å². The van der Waals surface area contributed by atoms with Gasteiger partial charge in [0.2, 0.25) is 5.78 Å². The first-order chi connectivity index (χ1) is 11.9. The number of rotatable bonds is 4. The van der Waals surface area contributed by atoms with Crippen molar-refractivity contribution >= 4 is 21.7 Å². The van der Waals surface area contributed by atoms with Crippen molar-refractivity contribution in [2.75, 3.05) is 13.7 Å². The van der Waals surface area contributed by atoms with E-state index in [-0.39, 0.29) is 11.4 Å². The van der Waals surface area contributed by atoms with Crippen LogP contribution in [-0.2, 0) is 19.6 Å². The van der Waals surface area contributed by atoms with Crippen LogP contribution >= 0.6 is 0 Å². The minimum absolute atomic E-state index is 0.0411. The number of carbonyl (C=O) groups excluding carboxylic acids is 2. The molecule has 2 aromatic carbocycles. The normalized spacial score (nSPS) is 17.8. The molecule has 1 atom stereocenters. The lowest BCUT2D eigenvalue weighted by Crippen LogP contribution is -2.34. The van der Waals surface area contributed by atoms with Gasteiger partial charge >= 0.3 is 5.91 Å². The van der Waals surface area contributed by atoms with Crippen molar-refractivity contribution in [3.8, 4) is 5.75 Å². The number of nitrogens with zero attached hydrogens (tertiary/aromatic N) is 1. The molecule has 0 aromatic heterocycles. The summed E-state index contributed by atoms with van der Waals surface area (Å²) in [5.74, 6) is -1.94. The summed E-state index contributed by atoms with van der Waals surface area (Å²) in [4.78, 5) is 24.5. The fraction of sp³-hybridized carbons (Fsp3) is 0.222. The molecule has 0 aliphatic carbocycles. The van der Waals surface area contributed by atoms with E-state index < -0.39 is 27.6 Å². The maximum absolute atomic E-state index is 12.8. The van der Waals surface area contributed by atoms with Crippen LogP contribution < -0.4 is 4.74 Å². The molecule has 3 rings (SSSR count). The lowest BCUT2D eigenvalue weighted by molar-refractivity contribution is -0.138. The SMILES string of the molecule is COc1ccc(S(=O)(=O)N2C[C@@H](c3ccccc3)C(=O)C2=O)cc1C. The third kappa shape index (κ3) is 2.91. The zero-order valence-electron chi connectivity index (χ0n) is 13.8. The first-order valence-electron chi connectivity index (χ1n) is 7.66. The van der Waals surface area contributed by atoms with Crippen LogP contribution in [0.25, 0.3) is 0 Å². The number of amides is 1. The summed E-state index contributed by atoms with van der Waals surface area (Å²) in [5, 5.41) is 0. The highest BCUT2D eigenvalue weighted by molar-refractivity contribution is 7.89. The molecule has 0 N–H and O–H groups in total. The molecule has 0 bridgehead atoms. The number of hydrogen-bond acceptors (Lipinski definition) is 5. The summed E-state index contributed by atoms with van der Waals surface area (Å²) < 4.78 is 31.4. The molecular weight excluding hydrogens is 342 g/mol. The molecule has 130 valence electrons. The van der Waals surface area contributed by atoms with E-state index in [9.17, 15) is 18.0 Å². The maximum atomic E-state index is 12.8. The number of sulfonamides is 1. The fourth-order valence-electron chi connectivity index (χ4n) is 2.89. The summed E-state index contributed by atoms with van der Waals surface area (Å²) in [6.07, 6.45) is 0. The second kappa shape index (κ2) is 6.33. The third-order valence-electron chi connectivity index (χ3n) is 4.26. The fourth-order valence-corrected chi connectivity index (χ4v) is 4.37. The van der Waals surface area contributed by atoms with Crippen molar-refractivity contribution < 1.29 is 22.7 Å². The highest BCUT2D eigenvalue weighted by Gasteiger charge is 2.45. The highest BCUT2D eigenvalue weighted by atomic mass is 32.2. The topological polar surface area (TPSA) is 80.8 Å². The molecule has 1 fully saturated rings. The van der Waals surface area contributed by atoms with Gasteiger partial charge in [0.25, 0.3) is 10.0 Å². The predicted molar refractivity (Wildman–Crippen MR) is 90.8 cm³/mol. The van der Waals surface area contributed by atoms with Crippen molar-refractivity contribution in [3.63, 3.8) is 0 Å². The Labute approximate surface area is 146 Å². The van der Waals surface area contributed by atoms with Gasteiger partial charge in [0.05, 0.1) is 24.5 Å². The van der Waals surface area contributed by atoms with Crippen molar-refractivity contribution in [2.24, 2.45) is 0 Å². The molecule has 0 unspecified atom stereocenters. The molecule has 2 aromatic rings. The number of methoxy groups -OCH3 is 1. The van der Waals surface area contributed by atoms with Gasteiger partial charge in [-0.2, -0.15) is 0 Å². The van der Waals surface area contributed by atoms with Crippen LogP contribution in [0, 0.1) is 6.92 Å².